The van der Waals surface area contributed by atoms with Gasteiger partial charge in [0.15, 0.2) is 5.75 Å². The number of carbonyl (C=O) groups is 1. The first-order chi connectivity index (χ1) is 9.51. The Labute approximate surface area is 123 Å². The van der Waals surface area contributed by atoms with E-state index in [1.807, 2.05) is 0 Å². The normalized spacial score (nSPS) is 10.2. The molecule has 0 aliphatic rings. The predicted octanol–water partition coefficient (Wildman–Crippen LogP) is 3.32. The van der Waals surface area contributed by atoms with E-state index in [0.29, 0.717) is 27.2 Å². The van der Waals surface area contributed by atoms with Crippen LogP contribution in [-0.4, -0.2) is 13.0 Å². The number of rotatable bonds is 3. The number of hydrogen-bond acceptors (Lipinski definition) is 3. The standard InChI is InChI=1S/C14H12BrFN2O2/c1-18-14(19)8-2-4-11(17)13(6-8)20-12-5-3-9(16)7-10(12)15/h2-7H,17H2,1H3,(H,18,19). The van der Waals surface area contributed by atoms with Gasteiger partial charge in [0.05, 0.1) is 10.2 Å². The van der Waals surface area contributed by atoms with Crippen molar-refractivity contribution in [2.24, 2.45) is 0 Å². The highest BCUT2D eigenvalue weighted by Gasteiger charge is 2.10. The van der Waals surface area contributed by atoms with Gasteiger partial charge in [0.25, 0.3) is 5.91 Å². The SMILES string of the molecule is CNC(=O)c1ccc(N)c(Oc2ccc(F)cc2Br)c1. The molecule has 3 N–H and O–H groups in total. The summed E-state index contributed by atoms with van der Waals surface area (Å²) in [6.07, 6.45) is 0. The van der Waals surface area contributed by atoms with Crippen LogP contribution in [0, 0.1) is 5.82 Å². The van der Waals surface area contributed by atoms with Crippen LogP contribution in [0.2, 0.25) is 0 Å². The second-order valence-corrected chi connectivity index (χ2v) is 4.86. The Morgan fingerprint density at radius 2 is 2.00 bits per heavy atom. The van der Waals surface area contributed by atoms with E-state index < -0.39 is 0 Å². The Morgan fingerprint density at radius 1 is 1.25 bits per heavy atom. The van der Waals surface area contributed by atoms with E-state index in [0.717, 1.165) is 0 Å². The van der Waals surface area contributed by atoms with Crippen LogP contribution in [0.3, 0.4) is 0 Å². The maximum absolute atomic E-state index is 13.0. The van der Waals surface area contributed by atoms with Gasteiger partial charge in [0.1, 0.15) is 11.6 Å². The number of nitrogen functional groups attached to an aromatic ring is 1. The van der Waals surface area contributed by atoms with Gasteiger partial charge in [-0.25, -0.2) is 4.39 Å². The van der Waals surface area contributed by atoms with Crippen molar-refractivity contribution >= 4 is 27.5 Å². The van der Waals surface area contributed by atoms with Gasteiger partial charge >= 0.3 is 0 Å². The molecule has 0 aliphatic carbocycles. The van der Waals surface area contributed by atoms with E-state index in [1.165, 1.54) is 31.3 Å². The molecular formula is C14H12BrFN2O2. The third-order valence-corrected chi connectivity index (χ3v) is 3.24. The first-order valence-electron chi connectivity index (χ1n) is 5.76. The molecule has 0 atom stereocenters. The maximum Gasteiger partial charge on any atom is 0.251 e. The molecule has 0 bridgehead atoms. The van der Waals surface area contributed by atoms with Crippen molar-refractivity contribution in [3.05, 3.63) is 52.3 Å². The average molecular weight is 339 g/mol. The minimum atomic E-state index is -0.378. The van der Waals surface area contributed by atoms with Gasteiger partial charge in [0, 0.05) is 12.6 Å². The van der Waals surface area contributed by atoms with Gasteiger partial charge in [0.2, 0.25) is 0 Å². The van der Waals surface area contributed by atoms with Crippen molar-refractivity contribution in [1.29, 1.82) is 0 Å². The maximum atomic E-state index is 13.0. The van der Waals surface area contributed by atoms with Crippen molar-refractivity contribution in [1.82, 2.24) is 5.32 Å². The van der Waals surface area contributed by atoms with Crippen LogP contribution in [0.1, 0.15) is 10.4 Å². The number of nitrogens with one attached hydrogen (secondary N) is 1. The molecule has 4 nitrogen and oxygen atoms in total. The summed E-state index contributed by atoms with van der Waals surface area (Å²) in [5.41, 5.74) is 6.62. The molecule has 0 radical (unpaired) electrons. The zero-order chi connectivity index (χ0) is 14.7. The van der Waals surface area contributed by atoms with Gasteiger partial charge in [-0.2, -0.15) is 0 Å². The van der Waals surface area contributed by atoms with Crippen molar-refractivity contribution in [2.75, 3.05) is 12.8 Å². The van der Waals surface area contributed by atoms with Gasteiger partial charge in [-0.1, -0.05) is 0 Å². The number of halogens is 2. The number of anilines is 1. The number of benzene rings is 2. The number of nitrogens with two attached hydrogens (primary N) is 1. The molecule has 0 spiro atoms. The quantitative estimate of drug-likeness (QED) is 0.843. The third kappa shape index (κ3) is 3.08. The molecule has 2 rings (SSSR count). The van der Waals surface area contributed by atoms with E-state index in [9.17, 15) is 9.18 Å². The van der Waals surface area contributed by atoms with Crippen LogP contribution in [0.15, 0.2) is 40.9 Å². The number of ether oxygens (including phenoxy) is 1. The largest absolute Gasteiger partial charge is 0.454 e. The van der Waals surface area contributed by atoms with Crippen LogP contribution in [0.4, 0.5) is 10.1 Å². The zero-order valence-corrected chi connectivity index (χ0v) is 12.2. The van der Waals surface area contributed by atoms with E-state index in [4.69, 9.17) is 10.5 Å². The summed E-state index contributed by atoms with van der Waals surface area (Å²) in [7, 11) is 1.54. The summed E-state index contributed by atoms with van der Waals surface area (Å²) in [6, 6.07) is 8.75. The van der Waals surface area contributed by atoms with Crippen molar-refractivity contribution in [3.63, 3.8) is 0 Å². The summed E-state index contributed by atoms with van der Waals surface area (Å²) in [4.78, 5) is 11.6. The smallest absolute Gasteiger partial charge is 0.251 e. The van der Waals surface area contributed by atoms with E-state index >= 15 is 0 Å². The van der Waals surface area contributed by atoms with E-state index in [2.05, 4.69) is 21.2 Å². The lowest BCUT2D eigenvalue weighted by molar-refractivity contribution is 0.0963. The molecule has 0 aromatic heterocycles. The first kappa shape index (κ1) is 14.3. The Balaban J connectivity index is 2.35. The molecule has 20 heavy (non-hydrogen) atoms. The average Bonchev–Trinajstić information content (AvgIpc) is 2.43. The highest BCUT2D eigenvalue weighted by Crippen LogP contribution is 2.33. The number of carbonyl (C=O) groups excluding carboxylic acids is 1. The fourth-order valence-corrected chi connectivity index (χ4v) is 2.02. The van der Waals surface area contributed by atoms with Gasteiger partial charge in [-0.05, 0) is 52.3 Å². The third-order valence-electron chi connectivity index (χ3n) is 2.62. The monoisotopic (exact) mass is 338 g/mol. The van der Waals surface area contributed by atoms with Gasteiger partial charge < -0.3 is 15.8 Å². The zero-order valence-electron chi connectivity index (χ0n) is 10.6. The second kappa shape index (κ2) is 5.92. The molecule has 104 valence electrons. The molecule has 0 saturated heterocycles. The van der Waals surface area contributed by atoms with Crippen LogP contribution >= 0.6 is 15.9 Å². The second-order valence-electron chi connectivity index (χ2n) is 4.01. The Hall–Kier alpha value is -2.08. The Kier molecular flexibility index (Phi) is 4.24. The lowest BCUT2D eigenvalue weighted by Gasteiger charge is -2.11. The van der Waals surface area contributed by atoms with Crippen molar-refractivity contribution < 1.29 is 13.9 Å². The lowest BCUT2D eigenvalue weighted by atomic mass is 10.2. The van der Waals surface area contributed by atoms with Gasteiger partial charge in [-0.15, -0.1) is 0 Å². The van der Waals surface area contributed by atoms with Crippen LogP contribution in [-0.2, 0) is 0 Å². The van der Waals surface area contributed by atoms with Crippen molar-refractivity contribution in [3.8, 4) is 11.5 Å². The topological polar surface area (TPSA) is 64.4 Å². The summed E-state index contributed by atoms with van der Waals surface area (Å²) in [6.45, 7) is 0. The van der Waals surface area contributed by atoms with E-state index in [1.54, 1.807) is 12.1 Å². The predicted molar refractivity (Wildman–Crippen MR) is 78.4 cm³/mol. The van der Waals surface area contributed by atoms with E-state index in [-0.39, 0.29) is 11.7 Å². The molecule has 0 heterocycles. The van der Waals surface area contributed by atoms with Gasteiger partial charge in [-0.3, -0.25) is 4.79 Å². The fraction of sp³-hybridized carbons (Fsp3) is 0.0714. The highest BCUT2D eigenvalue weighted by atomic mass is 79.9. The van der Waals surface area contributed by atoms with Crippen LogP contribution < -0.4 is 15.8 Å². The molecule has 2 aromatic carbocycles. The highest BCUT2D eigenvalue weighted by molar-refractivity contribution is 9.10. The molecule has 6 heteroatoms. The Bertz CT molecular complexity index is 662. The summed E-state index contributed by atoms with van der Waals surface area (Å²) in [5.74, 6) is 0.120. The molecule has 0 unspecified atom stereocenters. The minimum Gasteiger partial charge on any atom is -0.454 e. The molecule has 0 fully saturated rings. The summed E-state index contributed by atoms with van der Waals surface area (Å²) >= 11 is 3.21. The lowest BCUT2D eigenvalue weighted by Crippen LogP contribution is -2.17. The van der Waals surface area contributed by atoms with Crippen LogP contribution in [0.25, 0.3) is 0 Å². The molecule has 0 aliphatic heterocycles. The number of amides is 1. The molecular weight excluding hydrogens is 327 g/mol. The molecule has 1 amide bonds. The minimum absolute atomic E-state index is 0.243. The van der Waals surface area contributed by atoms with Crippen molar-refractivity contribution in [2.45, 2.75) is 0 Å². The molecule has 2 aromatic rings. The molecule has 0 saturated carbocycles. The summed E-state index contributed by atoms with van der Waals surface area (Å²) < 4.78 is 19.1. The first-order valence-corrected chi connectivity index (χ1v) is 6.55. The fourth-order valence-electron chi connectivity index (χ4n) is 1.58. The number of hydrogen-bond donors (Lipinski definition) is 2. The van der Waals surface area contributed by atoms with Crippen LogP contribution in [0.5, 0.6) is 11.5 Å². The summed E-state index contributed by atoms with van der Waals surface area (Å²) in [5, 5.41) is 2.52. The Morgan fingerprint density at radius 3 is 2.65 bits per heavy atom.